The van der Waals surface area contributed by atoms with Gasteiger partial charge in [0.2, 0.25) is 0 Å². The highest BCUT2D eigenvalue weighted by Gasteiger charge is 2.31. The van der Waals surface area contributed by atoms with Crippen molar-refractivity contribution < 1.29 is 0 Å². The molecule has 0 aromatic heterocycles. The van der Waals surface area contributed by atoms with E-state index in [4.69, 9.17) is 15.8 Å². The van der Waals surface area contributed by atoms with Crippen LogP contribution in [0.4, 0.5) is 0 Å². The van der Waals surface area contributed by atoms with E-state index in [0.29, 0.717) is 12.8 Å². The molecule has 3 atom stereocenters. The molecule has 0 aromatic carbocycles. The fourth-order valence-corrected chi connectivity index (χ4v) is 1.31. The van der Waals surface area contributed by atoms with Crippen molar-refractivity contribution in [3.63, 3.8) is 0 Å². The zero-order chi connectivity index (χ0) is 11.2. The highest BCUT2D eigenvalue weighted by atomic mass is 127. The lowest BCUT2D eigenvalue weighted by molar-refractivity contribution is 0.317. The molecule has 0 N–H and O–H groups in total. The molecule has 3 unspecified atom stereocenters. The summed E-state index contributed by atoms with van der Waals surface area (Å²) in [7, 11) is 0. The quantitative estimate of drug-likeness (QED) is 0.592. The molecule has 0 aliphatic rings. The number of hydrogen-bond donors (Lipinski definition) is 0. The van der Waals surface area contributed by atoms with Crippen LogP contribution in [0.25, 0.3) is 0 Å². The molecule has 14 heavy (non-hydrogen) atoms. The number of halogens is 1. The summed E-state index contributed by atoms with van der Waals surface area (Å²) < 4.78 is -0.0776. The third-order valence-electron chi connectivity index (χ3n) is 2.46. The maximum absolute atomic E-state index is 8.99. The fraction of sp³-hybridized carbons (Fsp3) is 0.700. The Morgan fingerprint density at radius 2 is 1.86 bits per heavy atom. The van der Waals surface area contributed by atoms with Crippen molar-refractivity contribution in [1.82, 2.24) is 0 Å². The van der Waals surface area contributed by atoms with Gasteiger partial charge in [0.25, 0.3) is 0 Å². The third-order valence-corrected chi connectivity index (χ3v) is 3.36. The zero-order valence-electron chi connectivity index (χ0n) is 8.29. The number of nitrogens with zero attached hydrogens (tertiary/aromatic N) is 3. The minimum atomic E-state index is -0.630. The van der Waals surface area contributed by atoms with E-state index in [-0.39, 0.29) is 9.84 Å². The first-order valence-corrected chi connectivity index (χ1v) is 5.59. The summed E-state index contributed by atoms with van der Waals surface area (Å²) in [6.45, 7) is 3.53. The molecule has 0 saturated heterocycles. The molecule has 0 bridgehead atoms. The molecule has 0 aliphatic heterocycles. The predicted molar refractivity (Wildman–Crippen MR) is 61.2 cm³/mol. The van der Waals surface area contributed by atoms with Gasteiger partial charge in [0.15, 0.2) is 0 Å². The molecule has 0 spiro atoms. The summed E-state index contributed by atoms with van der Waals surface area (Å²) in [5, 5.41) is 26.3. The summed E-state index contributed by atoms with van der Waals surface area (Å²) in [4.78, 5) is 0. The summed E-state index contributed by atoms with van der Waals surface area (Å²) in [5.74, 6) is -0.296. The van der Waals surface area contributed by atoms with Crippen LogP contribution < -0.4 is 0 Å². The van der Waals surface area contributed by atoms with Gasteiger partial charge in [0, 0.05) is 0 Å². The monoisotopic (exact) mass is 301 g/mol. The Kier molecular flexibility index (Phi) is 5.50. The summed E-state index contributed by atoms with van der Waals surface area (Å²) in [6, 6.07) is 6.38. The van der Waals surface area contributed by atoms with Gasteiger partial charge in [0.05, 0.1) is 33.5 Å². The van der Waals surface area contributed by atoms with Gasteiger partial charge in [-0.05, 0) is 26.7 Å². The molecule has 0 amide bonds. The number of hydrogen-bond acceptors (Lipinski definition) is 3. The summed E-state index contributed by atoms with van der Waals surface area (Å²) in [5.41, 5.74) is -0.630. The standard InChI is InChI=1S/C10H12IN3/c1-8(5-12)10(2,7-14)4-3-9(11)6-13/h8-9H,3-4H2,1-2H3. The fourth-order valence-electron chi connectivity index (χ4n) is 1.00. The molecule has 3 nitrogen and oxygen atoms in total. The van der Waals surface area contributed by atoms with Crippen LogP contribution in [0.2, 0.25) is 0 Å². The molecule has 0 radical (unpaired) electrons. The molecule has 0 saturated carbocycles. The van der Waals surface area contributed by atoms with Crippen LogP contribution in [0.3, 0.4) is 0 Å². The average molecular weight is 301 g/mol. The van der Waals surface area contributed by atoms with Crippen molar-refractivity contribution >= 4 is 22.6 Å². The van der Waals surface area contributed by atoms with Crippen molar-refractivity contribution in [2.24, 2.45) is 11.3 Å². The summed E-state index contributed by atoms with van der Waals surface area (Å²) in [6.07, 6.45) is 1.26. The van der Waals surface area contributed by atoms with Crippen LogP contribution in [0.1, 0.15) is 26.7 Å². The van der Waals surface area contributed by atoms with E-state index in [1.807, 2.05) is 22.6 Å². The zero-order valence-corrected chi connectivity index (χ0v) is 10.4. The van der Waals surface area contributed by atoms with Crippen molar-refractivity contribution in [3.05, 3.63) is 0 Å². The van der Waals surface area contributed by atoms with Gasteiger partial charge in [-0.2, -0.15) is 15.8 Å². The average Bonchev–Trinajstić information content (AvgIpc) is 2.23. The largest absolute Gasteiger partial charge is 0.198 e. The van der Waals surface area contributed by atoms with Gasteiger partial charge in [-0.3, -0.25) is 0 Å². The molecule has 0 aliphatic carbocycles. The van der Waals surface area contributed by atoms with Crippen LogP contribution in [0, 0.1) is 45.3 Å². The van der Waals surface area contributed by atoms with Crippen molar-refractivity contribution in [1.29, 1.82) is 15.8 Å². The van der Waals surface area contributed by atoms with Gasteiger partial charge in [-0.25, -0.2) is 0 Å². The van der Waals surface area contributed by atoms with Gasteiger partial charge < -0.3 is 0 Å². The van der Waals surface area contributed by atoms with Crippen molar-refractivity contribution in [2.75, 3.05) is 0 Å². The van der Waals surface area contributed by atoms with E-state index in [1.165, 1.54) is 0 Å². The first kappa shape index (κ1) is 13.2. The lowest BCUT2D eigenvalue weighted by Crippen LogP contribution is -2.23. The maximum atomic E-state index is 8.99. The van der Waals surface area contributed by atoms with E-state index >= 15 is 0 Å². The normalized spacial score (nSPS) is 18.0. The summed E-state index contributed by atoms with van der Waals surface area (Å²) >= 11 is 2.04. The Morgan fingerprint density at radius 1 is 1.29 bits per heavy atom. The van der Waals surface area contributed by atoms with Gasteiger partial charge in [-0.1, -0.05) is 22.6 Å². The van der Waals surface area contributed by atoms with Crippen LogP contribution in [0.15, 0.2) is 0 Å². The van der Waals surface area contributed by atoms with Crippen molar-refractivity contribution in [3.8, 4) is 18.2 Å². The molecule has 0 rings (SSSR count). The third kappa shape index (κ3) is 3.52. The second-order valence-electron chi connectivity index (χ2n) is 3.52. The second kappa shape index (κ2) is 5.83. The van der Waals surface area contributed by atoms with Crippen molar-refractivity contribution in [2.45, 2.75) is 30.6 Å². The Labute approximate surface area is 98.5 Å². The van der Waals surface area contributed by atoms with Crippen LogP contribution in [-0.4, -0.2) is 3.92 Å². The maximum Gasteiger partial charge on any atom is 0.0978 e. The first-order valence-electron chi connectivity index (χ1n) is 4.34. The number of alkyl halides is 1. The first-order chi connectivity index (χ1) is 6.50. The molecule has 0 heterocycles. The molecular weight excluding hydrogens is 289 g/mol. The Bertz CT molecular complexity index is 307. The number of nitriles is 3. The Morgan fingerprint density at radius 3 is 2.21 bits per heavy atom. The Balaban J connectivity index is 4.39. The van der Waals surface area contributed by atoms with E-state index < -0.39 is 5.41 Å². The van der Waals surface area contributed by atoms with Crippen LogP contribution >= 0.6 is 22.6 Å². The minimum Gasteiger partial charge on any atom is -0.198 e. The topological polar surface area (TPSA) is 71.4 Å². The lowest BCUT2D eigenvalue weighted by Gasteiger charge is -2.23. The van der Waals surface area contributed by atoms with Crippen LogP contribution in [-0.2, 0) is 0 Å². The smallest absolute Gasteiger partial charge is 0.0978 e. The van der Waals surface area contributed by atoms with E-state index in [9.17, 15) is 0 Å². The number of rotatable bonds is 4. The lowest BCUT2D eigenvalue weighted by atomic mass is 9.76. The van der Waals surface area contributed by atoms with E-state index in [1.54, 1.807) is 13.8 Å². The van der Waals surface area contributed by atoms with E-state index in [2.05, 4.69) is 18.2 Å². The second-order valence-corrected chi connectivity index (χ2v) is 5.02. The van der Waals surface area contributed by atoms with E-state index in [0.717, 1.165) is 0 Å². The molecule has 0 aromatic rings. The van der Waals surface area contributed by atoms with Gasteiger partial charge in [-0.15, -0.1) is 0 Å². The van der Waals surface area contributed by atoms with Gasteiger partial charge >= 0.3 is 0 Å². The predicted octanol–water partition coefficient (Wildman–Crippen LogP) is 2.78. The van der Waals surface area contributed by atoms with Crippen LogP contribution in [0.5, 0.6) is 0 Å². The van der Waals surface area contributed by atoms with Gasteiger partial charge in [0.1, 0.15) is 0 Å². The SMILES string of the molecule is CC(C#N)C(C)(C#N)CCC(I)C#N. The molecule has 4 heteroatoms. The highest BCUT2D eigenvalue weighted by molar-refractivity contribution is 14.1. The highest BCUT2D eigenvalue weighted by Crippen LogP contribution is 2.32. The molecule has 74 valence electrons. The Hall–Kier alpha value is -0.800. The minimum absolute atomic E-state index is 0.0776. The molecule has 0 fully saturated rings. The molecular formula is C10H12IN3.